The molecule has 112 valence electrons. The molecule has 1 saturated heterocycles. The van der Waals surface area contributed by atoms with Gasteiger partial charge in [0.15, 0.2) is 0 Å². The number of nitrogen functional groups attached to an aromatic ring is 1. The lowest BCUT2D eigenvalue weighted by molar-refractivity contribution is -0.150. The zero-order valence-electron chi connectivity index (χ0n) is 11.7. The molecule has 1 fully saturated rings. The van der Waals surface area contributed by atoms with E-state index >= 15 is 0 Å². The number of anilines is 2. The molecule has 7 nitrogen and oxygen atoms in total. The molecule has 21 heavy (non-hydrogen) atoms. The highest BCUT2D eigenvalue weighted by Gasteiger charge is 2.27. The number of nitrogens with zero attached hydrogens (tertiary/aromatic N) is 1. The number of nitrogens with two attached hydrogens (primary N) is 1. The number of benzene rings is 1. The third kappa shape index (κ3) is 3.50. The second-order valence-corrected chi connectivity index (χ2v) is 4.74. The number of likely N-dealkylation sites (tertiary alicyclic amines) is 1. The maximum Gasteiger partial charge on any atom is 0.244 e. The summed E-state index contributed by atoms with van der Waals surface area (Å²) in [5.41, 5.74) is 6.53. The standard InChI is InChI=1S/C14H17N3O4/c1-21-11-6-5-9(15)7-10(11)16-12(18)8-17-13(19)3-2-4-14(17)20/h5-7H,2-4,8,15H2,1H3,(H,16,18). The Hall–Kier alpha value is -2.57. The molecule has 3 N–H and O–H groups in total. The summed E-state index contributed by atoms with van der Waals surface area (Å²) in [6.07, 6.45) is 1.13. The van der Waals surface area contributed by atoms with Crippen molar-refractivity contribution in [3.05, 3.63) is 18.2 Å². The fraction of sp³-hybridized carbons (Fsp3) is 0.357. The Bertz CT molecular complexity index is 570. The molecule has 0 unspecified atom stereocenters. The molecule has 1 aliphatic rings. The minimum atomic E-state index is -0.470. The predicted octanol–water partition coefficient (Wildman–Crippen LogP) is 0.755. The smallest absolute Gasteiger partial charge is 0.244 e. The number of hydrogen-bond acceptors (Lipinski definition) is 5. The fourth-order valence-corrected chi connectivity index (χ4v) is 2.13. The van der Waals surface area contributed by atoms with E-state index in [4.69, 9.17) is 10.5 Å². The molecule has 1 heterocycles. The van der Waals surface area contributed by atoms with Crippen LogP contribution in [0, 0.1) is 0 Å². The van der Waals surface area contributed by atoms with Gasteiger partial charge in [-0.2, -0.15) is 0 Å². The molecule has 7 heteroatoms. The van der Waals surface area contributed by atoms with Gasteiger partial charge in [0, 0.05) is 18.5 Å². The van der Waals surface area contributed by atoms with Crippen molar-refractivity contribution in [2.24, 2.45) is 0 Å². The van der Waals surface area contributed by atoms with Crippen LogP contribution in [0.4, 0.5) is 11.4 Å². The Morgan fingerprint density at radius 1 is 1.33 bits per heavy atom. The lowest BCUT2D eigenvalue weighted by Gasteiger charge is -2.24. The van der Waals surface area contributed by atoms with Crippen LogP contribution >= 0.6 is 0 Å². The Kier molecular flexibility index (Phi) is 4.42. The summed E-state index contributed by atoms with van der Waals surface area (Å²) in [6.45, 7) is -0.296. The molecular formula is C14H17N3O4. The summed E-state index contributed by atoms with van der Waals surface area (Å²) in [5, 5.41) is 2.60. The van der Waals surface area contributed by atoms with Crippen molar-refractivity contribution in [2.75, 3.05) is 24.7 Å². The van der Waals surface area contributed by atoms with Gasteiger partial charge >= 0.3 is 0 Å². The second-order valence-electron chi connectivity index (χ2n) is 4.74. The molecule has 2 rings (SSSR count). The second kappa shape index (κ2) is 6.25. The Morgan fingerprint density at radius 3 is 2.62 bits per heavy atom. The van der Waals surface area contributed by atoms with Gasteiger partial charge in [0.25, 0.3) is 0 Å². The van der Waals surface area contributed by atoms with Crippen LogP contribution in [0.25, 0.3) is 0 Å². The first kappa shape index (κ1) is 14.8. The summed E-state index contributed by atoms with van der Waals surface area (Å²) in [4.78, 5) is 36.3. The van der Waals surface area contributed by atoms with Gasteiger partial charge in [-0.3, -0.25) is 19.3 Å². The van der Waals surface area contributed by atoms with Crippen molar-refractivity contribution in [3.63, 3.8) is 0 Å². The van der Waals surface area contributed by atoms with Gasteiger partial charge in [0.1, 0.15) is 12.3 Å². The summed E-state index contributed by atoms with van der Waals surface area (Å²) < 4.78 is 5.12. The Labute approximate surface area is 122 Å². The molecule has 1 aromatic rings. The minimum Gasteiger partial charge on any atom is -0.495 e. The Morgan fingerprint density at radius 2 is 2.00 bits per heavy atom. The van der Waals surface area contributed by atoms with E-state index in [-0.39, 0.29) is 18.4 Å². The van der Waals surface area contributed by atoms with Crippen molar-refractivity contribution in [3.8, 4) is 5.75 Å². The summed E-state index contributed by atoms with van der Waals surface area (Å²) in [6, 6.07) is 4.82. The van der Waals surface area contributed by atoms with Crippen molar-refractivity contribution in [1.82, 2.24) is 4.90 Å². The third-order valence-electron chi connectivity index (χ3n) is 3.18. The van der Waals surface area contributed by atoms with Crippen LogP contribution in [0.2, 0.25) is 0 Å². The minimum absolute atomic E-state index is 0.292. The number of carbonyl (C=O) groups excluding carboxylic acids is 3. The topological polar surface area (TPSA) is 102 Å². The van der Waals surface area contributed by atoms with Crippen LogP contribution in [-0.2, 0) is 14.4 Å². The van der Waals surface area contributed by atoms with Crippen LogP contribution in [0.3, 0.4) is 0 Å². The van der Waals surface area contributed by atoms with Crippen molar-refractivity contribution in [1.29, 1.82) is 0 Å². The van der Waals surface area contributed by atoms with Crippen LogP contribution in [0.15, 0.2) is 18.2 Å². The lowest BCUT2D eigenvalue weighted by Crippen LogP contribution is -2.44. The number of ether oxygens (including phenoxy) is 1. The first-order valence-corrected chi connectivity index (χ1v) is 6.58. The number of imide groups is 1. The molecule has 1 aromatic carbocycles. The van der Waals surface area contributed by atoms with E-state index < -0.39 is 5.91 Å². The van der Waals surface area contributed by atoms with Gasteiger partial charge in [0.05, 0.1) is 12.8 Å². The SMILES string of the molecule is COc1ccc(N)cc1NC(=O)CN1C(=O)CCCC1=O. The highest BCUT2D eigenvalue weighted by Crippen LogP contribution is 2.26. The highest BCUT2D eigenvalue weighted by molar-refractivity contribution is 6.03. The predicted molar refractivity (Wildman–Crippen MR) is 76.6 cm³/mol. The van der Waals surface area contributed by atoms with Gasteiger partial charge in [-0.15, -0.1) is 0 Å². The first-order chi connectivity index (χ1) is 10.0. The van der Waals surface area contributed by atoms with Gasteiger partial charge in [0.2, 0.25) is 17.7 Å². The average molecular weight is 291 g/mol. The molecule has 1 aliphatic heterocycles. The van der Waals surface area contributed by atoms with Crippen molar-refractivity contribution in [2.45, 2.75) is 19.3 Å². The van der Waals surface area contributed by atoms with Gasteiger partial charge in [-0.25, -0.2) is 0 Å². The summed E-state index contributed by atoms with van der Waals surface area (Å²) in [5.74, 6) is -0.654. The number of carbonyl (C=O) groups is 3. The van der Waals surface area contributed by atoms with E-state index in [1.165, 1.54) is 7.11 Å². The van der Waals surface area contributed by atoms with Gasteiger partial charge in [-0.05, 0) is 24.6 Å². The van der Waals surface area contributed by atoms with Crippen LogP contribution in [-0.4, -0.2) is 36.3 Å². The maximum atomic E-state index is 12.0. The number of methoxy groups -OCH3 is 1. The lowest BCUT2D eigenvalue weighted by atomic mass is 10.1. The molecule has 0 atom stereocenters. The van der Waals surface area contributed by atoms with Crippen LogP contribution in [0.5, 0.6) is 5.75 Å². The molecule has 0 saturated carbocycles. The van der Waals surface area contributed by atoms with E-state index in [9.17, 15) is 14.4 Å². The van der Waals surface area contributed by atoms with Crippen LogP contribution in [0.1, 0.15) is 19.3 Å². The van der Waals surface area contributed by atoms with Crippen LogP contribution < -0.4 is 15.8 Å². The zero-order valence-corrected chi connectivity index (χ0v) is 11.7. The van der Waals surface area contributed by atoms with Gasteiger partial charge in [-0.1, -0.05) is 0 Å². The maximum absolute atomic E-state index is 12.0. The number of rotatable bonds is 4. The van der Waals surface area contributed by atoms with E-state index in [0.29, 0.717) is 36.4 Å². The highest BCUT2D eigenvalue weighted by atomic mass is 16.5. The normalized spacial score (nSPS) is 15.0. The van der Waals surface area contributed by atoms with E-state index in [0.717, 1.165) is 4.90 Å². The largest absolute Gasteiger partial charge is 0.495 e. The van der Waals surface area contributed by atoms with Gasteiger partial charge < -0.3 is 15.8 Å². The fourth-order valence-electron chi connectivity index (χ4n) is 2.13. The van der Waals surface area contributed by atoms with E-state index in [1.54, 1.807) is 18.2 Å². The van der Waals surface area contributed by atoms with Crippen molar-refractivity contribution < 1.29 is 19.1 Å². The summed E-state index contributed by atoms with van der Waals surface area (Å²) in [7, 11) is 1.47. The van der Waals surface area contributed by atoms with E-state index in [2.05, 4.69) is 5.32 Å². The third-order valence-corrected chi connectivity index (χ3v) is 3.18. The molecule has 3 amide bonds. The Balaban J connectivity index is 2.06. The molecule has 0 spiro atoms. The average Bonchev–Trinajstić information content (AvgIpc) is 2.43. The number of nitrogens with one attached hydrogen (secondary N) is 1. The number of amides is 3. The molecular weight excluding hydrogens is 274 g/mol. The zero-order chi connectivity index (χ0) is 15.4. The quantitative estimate of drug-likeness (QED) is 0.629. The molecule has 0 aliphatic carbocycles. The first-order valence-electron chi connectivity index (χ1n) is 6.58. The summed E-state index contributed by atoms with van der Waals surface area (Å²) >= 11 is 0. The molecule has 0 bridgehead atoms. The molecule has 0 aromatic heterocycles. The molecule has 0 radical (unpaired) electrons. The monoisotopic (exact) mass is 291 g/mol. The van der Waals surface area contributed by atoms with E-state index in [1.807, 2.05) is 0 Å². The number of piperidine rings is 1. The number of hydrogen-bond donors (Lipinski definition) is 2. The van der Waals surface area contributed by atoms with Crippen molar-refractivity contribution >= 4 is 29.1 Å².